The number of carbonyl (C=O) groups excluding carboxylic acids is 2. The molecular formula is C26H17F4NO4. The molecule has 0 spiro atoms. The number of anilines is 1. The standard InChI is InChI=1S/C26H17F4NO4/c27-18-7-4-14(5-8-18)22-21(23(32)16-6-9-20-15(12-16)10-11-35-20)24(33)25(34)31(22)19-3-1-2-17(13-19)26(28,29)30/h1-9,12-13,22,32H,10-11H2/b23-21-. The fourth-order valence-electron chi connectivity index (χ4n) is 4.38. The van der Waals surface area contributed by atoms with E-state index in [9.17, 15) is 32.3 Å². The van der Waals surface area contributed by atoms with Gasteiger partial charge >= 0.3 is 6.18 Å². The third-order valence-corrected chi connectivity index (χ3v) is 6.04. The molecule has 5 nitrogen and oxygen atoms in total. The zero-order chi connectivity index (χ0) is 24.9. The number of halogens is 4. The van der Waals surface area contributed by atoms with Crippen molar-refractivity contribution in [3.05, 3.63) is 100 Å². The number of aliphatic hydroxyl groups is 1. The summed E-state index contributed by atoms with van der Waals surface area (Å²) >= 11 is 0. The molecule has 1 saturated heterocycles. The number of amides is 1. The van der Waals surface area contributed by atoms with Crippen LogP contribution in [0.2, 0.25) is 0 Å². The Kier molecular flexibility index (Phi) is 5.35. The molecule has 5 rings (SSSR count). The molecule has 0 bridgehead atoms. The quantitative estimate of drug-likeness (QED) is 0.234. The first-order valence-electron chi connectivity index (χ1n) is 10.6. The summed E-state index contributed by atoms with van der Waals surface area (Å²) in [6.45, 7) is 0.467. The molecule has 1 N–H and O–H groups in total. The normalized spacial score (nSPS) is 19.1. The molecule has 35 heavy (non-hydrogen) atoms. The number of fused-ring (bicyclic) bond motifs is 1. The molecule has 2 aliphatic heterocycles. The van der Waals surface area contributed by atoms with Crippen LogP contribution >= 0.6 is 0 Å². The molecule has 3 aromatic rings. The number of alkyl halides is 3. The van der Waals surface area contributed by atoms with Crippen molar-refractivity contribution in [2.24, 2.45) is 0 Å². The Bertz CT molecular complexity index is 1380. The molecule has 1 amide bonds. The predicted octanol–water partition coefficient (Wildman–Crippen LogP) is 5.41. The highest BCUT2D eigenvalue weighted by Crippen LogP contribution is 2.44. The first-order valence-corrected chi connectivity index (χ1v) is 10.6. The highest BCUT2D eigenvalue weighted by Gasteiger charge is 2.47. The molecule has 2 aliphatic rings. The first kappa shape index (κ1) is 22.6. The number of Topliss-reactive ketones (excluding diaryl/α,β-unsaturated/α-hetero) is 1. The predicted molar refractivity (Wildman–Crippen MR) is 118 cm³/mol. The SMILES string of the molecule is O=C1C(=O)N(c2cccc(C(F)(F)F)c2)C(c2ccc(F)cc2)/C1=C(/O)c1ccc2c(c1)CCO2. The lowest BCUT2D eigenvalue weighted by Gasteiger charge is -2.26. The maximum absolute atomic E-state index is 13.6. The van der Waals surface area contributed by atoms with E-state index in [1.54, 1.807) is 12.1 Å². The van der Waals surface area contributed by atoms with Gasteiger partial charge in [0.1, 0.15) is 17.3 Å². The zero-order valence-electron chi connectivity index (χ0n) is 18.0. The Labute approximate surface area is 196 Å². The lowest BCUT2D eigenvalue weighted by molar-refractivity contribution is -0.137. The number of ether oxygens (including phenoxy) is 1. The first-order chi connectivity index (χ1) is 16.6. The average molecular weight is 483 g/mol. The maximum atomic E-state index is 13.6. The van der Waals surface area contributed by atoms with Crippen LogP contribution in [0.4, 0.5) is 23.2 Å². The van der Waals surface area contributed by atoms with Crippen LogP contribution in [0.15, 0.2) is 72.3 Å². The molecule has 1 fully saturated rings. The summed E-state index contributed by atoms with van der Waals surface area (Å²) in [5.41, 5.74) is -0.194. The highest BCUT2D eigenvalue weighted by atomic mass is 19.4. The largest absolute Gasteiger partial charge is 0.507 e. The van der Waals surface area contributed by atoms with Crippen LogP contribution < -0.4 is 9.64 Å². The van der Waals surface area contributed by atoms with Crippen LogP contribution in [-0.4, -0.2) is 23.4 Å². The highest BCUT2D eigenvalue weighted by molar-refractivity contribution is 6.51. The Balaban J connectivity index is 1.70. The molecule has 1 atom stereocenters. The Morgan fingerprint density at radius 2 is 1.74 bits per heavy atom. The third kappa shape index (κ3) is 3.92. The molecule has 178 valence electrons. The number of benzene rings is 3. The minimum Gasteiger partial charge on any atom is -0.507 e. The van der Waals surface area contributed by atoms with Crippen molar-refractivity contribution in [3.63, 3.8) is 0 Å². The van der Waals surface area contributed by atoms with Gasteiger partial charge in [-0.3, -0.25) is 14.5 Å². The summed E-state index contributed by atoms with van der Waals surface area (Å²) in [6, 6.07) is 12.4. The second kappa shape index (κ2) is 8.26. The van der Waals surface area contributed by atoms with Crippen LogP contribution in [0.3, 0.4) is 0 Å². The van der Waals surface area contributed by atoms with Crippen molar-refractivity contribution in [1.82, 2.24) is 0 Å². The minimum atomic E-state index is -4.68. The minimum absolute atomic E-state index is 0.183. The van der Waals surface area contributed by atoms with Crippen molar-refractivity contribution in [1.29, 1.82) is 0 Å². The van der Waals surface area contributed by atoms with Gasteiger partial charge in [0.2, 0.25) is 0 Å². The van der Waals surface area contributed by atoms with E-state index in [0.29, 0.717) is 18.8 Å². The van der Waals surface area contributed by atoms with E-state index in [1.165, 1.54) is 24.3 Å². The van der Waals surface area contributed by atoms with Gasteiger partial charge in [-0.1, -0.05) is 18.2 Å². The lowest BCUT2D eigenvalue weighted by Crippen LogP contribution is -2.29. The van der Waals surface area contributed by atoms with E-state index in [4.69, 9.17) is 4.74 Å². The zero-order valence-corrected chi connectivity index (χ0v) is 18.0. The van der Waals surface area contributed by atoms with Gasteiger partial charge in [0.05, 0.1) is 23.8 Å². The van der Waals surface area contributed by atoms with Gasteiger partial charge in [-0.05, 0) is 59.7 Å². The average Bonchev–Trinajstić information content (AvgIpc) is 3.41. The molecular weight excluding hydrogens is 466 g/mol. The van der Waals surface area contributed by atoms with Gasteiger partial charge in [-0.2, -0.15) is 13.2 Å². The molecule has 2 heterocycles. The van der Waals surface area contributed by atoms with E-state index < -0.39 is 41.0 Å². The van der Waals surface area contributed by atoms with E-state index in [-0.39, 0.29) is 22.4 Å². The number of aliphatic hydroxyl groups excluding tert-OH is 1. The summed E-state index contributed by atoms with van der Waals surface area (Å²) in [7, 11) is 0. The van der Waals surface area contributed by atoms with Gasteiger partial charge in [-0.15, -0.1) is 0 Å². The lowest BCUT2D eigenvalue weighted by atomic mass is 9.94. The molecule has 3 aromatic carbocycles. The van der Waals surface area contributed by atoms with Crippen LogP contribution in [0, 0.1) is 5.82 Å². The van der Waals surface area contributed by atoms with E-state index >= 15 is 0 Å². The smallest absolute Gasteiger partial charge is 0.416 e. The van der Waals surface area contributed by atoms with Gasteiger partial charge < -0.3 is 9.84 Å². The Morgan fingerprint density at radius 1 is 1.00 bits per heavy atom. The number of rotatable bonds is 3. The van der Waals surface area contributed by atoms with E-state index in [2.05, 4.69) is 0 Å². The second-order valence-corrected chi connectivity index (χ2v) is 8.19. The van der Waals surface area contributed by atoms with Crippen molar-refractivity contribution >= 4 is 23.1 Å². The van der Waals surface area contributed by atoms with Gasteiger partial charge in [0.15, 0.2) is 0 Å². The molecule has 0 aromatic heterocycles. The topological polar surface area (TPSA) is 66.8 Å². The van der Waals surface area contributed by atoms with Gasteiger partial charge in [-0.25, -0.2) is 4.39 Å². The molecule has 9 heteroatoms. The van der Waals surface area contributed by atoms with E-state index in [0.717, 1.165) is 40.8 Å². The van der Waals surface area contributed by atoms with Gasteiger partial charge in [0, 0.05) is 17.7 Å². The summed E-state index contributed by atoms with van der Waals surface area (Å²) in [5.74, 6) is -2.60. The van der Waals surface area contributed by atoms with Crippen molar-refractivity contribution in [2.45, 2.75) is 18.6 Å². The van der Waals surface area contributed by atoms with Crippen LogP contribution in [0.25, 0.3) is 5.76 Å². The number of hydrogen-bond donors (Lipinski definition) is 1. The Morgan fingerprint density at radius 3 is 2.46 bits per heavy atom. The van der Waals surface area contributed by atoms with E-state index in [1.807, 2.05) is 0 Å². The number of nitrogens with zero attached hydrogens (tertiary/aromatic N) is 1. The maximum Gasteiger partial charge on any atom is 0.416 e. The summed E-state index contributed by atoms with van der Waals surface area (Å²) < 4.78 is 59.2. The summed E-state index contributed by atoms with van der Waals surface area (Å²) in [6.07, 6.45) is -4.09. The number of ketones is 1. The van der Waals surface area contributed by atoms with Gasteiger partial charge in [0.25, 0.3) is 11.7 Å². The van der Waals surface area contributed by atoms with Crippen molar-refractivity contribution in [2.75, 3.05) is 11.5 Å². The second-order valence-electron chi connectivity index (χ2n) is 8.19. The Hall–Kier alpha value is -4.14. The fraction of sp³-hybridized carbons (Fsp3) is 0.154. The molecule has 0 radical (unpaired) electrons. The third-order valence-electron chi connectivity index (χ3n) is 6.04. The number of carbonyl (C=O) groups is 2. The molecule has 1 unspecified atom stereocenters. The number of hydrogen-bond acceptors (Lipinski definition) is 4. The van der Waals surface area contributed by atoms with Crippen LogP contribution in [0.1, 0.15) is 28.3 Å². The summed E-state index contributed by atoms with van der Waals surface area (Å²) in [5, 5.41) is 11.2. The molecule has 0 aliphatic carbocycles. The van der Waals surface area contributed by atoms with Crippen LogP contribution in [-0.2, 0) is 22.2 Å². The van der Waals surface area contributed by atoms with Crippen LogP contribution in [0.5, 0.6) is 5.75 Å². The molecule has 0 saturated carbocycles. The van der Waals surface area contributed by atoms with Crippen molar-refractivity contribution < 1.29 is 37.0 Å². The van der Waals surface area contributed by atoms with Crippen molar-refractivity contribution in [3.8, 4) is 5.75 Å². The summed E-state index contributed by atoms with van der Waals surface area (Å²) in [4.78, 5) is 27.1. The fourth-order valence-corrected chi connectivity index (χ4v) is 4.38. The monoisotopic (exact) mass is 483 g/mol.